The van der Waals surface area contributed by atoms with Gasteiger partial charge >= 0.3 is 5.51 Å². The minimum absolute atomic E-state index is 0.00795. The van der Waals surface area contributed by atoms with Crippen LogP contribution < -0.4 is 0 Å². The van der Waals surface area contributed by atoms with Crippen molar-refractivity contribution in [3.8, 4) is 0 Å². The van der Waals surface area contributed by atoms with E-state index < -0.39 is 5.51 Å². The highest BCUT2D eigenvalue weighted by Gasteiger charge is 2.28. The van der Waals surface area contributed by atoms with Crippen LogP contribution in [0.25, 0.3) is 0 Å². The van der Waals surface area contributed by atoms with E-state index in [1.165, 1.54) is 0 Å². The van der Waals surface area contributed by atoms with Gasteiger partial charge < -0.3 is 0 Å². The van der Waals surface area contributed by atoms with Gasteiger partial charge in [0.2, 0.25) is 0 Å². The molecule has 1 aromatic carbocycles. The van der Waals surface area contributed by atoms with Crippen molar-refractivity contribution in [3.63, 3.8) is 0 Å². The largest absolute Gasteiger partial charge is 0.441 e. The highest BCUT2D eigenvalue weighted by Crippen LogP contribution is 2.33. The zero-order valence-electron chi connectivity index (χ0n) is 9.43. The van der Waals surface area contributed by atoms with Crippen LogP contribution in [0.2, 0.25) is 0 Å². The van der Waals surface area contributed by atoms with Gasteiger partial charge in [-0.1, -0.05) is 41.6 Å². The zero-order chi connectivity index (χ0) is 12.9. The van der Waals surface area contributed by atoms with Gasteiger partial charge in [0.25, 0.3) is 0 Å². The van der Waals surface area contributed by atoms with Gasteiger partial charge in [-0.3, -0.25) is 0 Å². The number of hydrogen-bond donors (Lipinski definition) is 0. The summed E-state index contributed by atoms with van der Waals surface area (Å²) in [4.78, 5) is 0. The fourth-order valence-electron chi connectivity index (χ4n) is 1.57. The third-order valence-corrected chi connectivity index (χ3v) is 3.57. The topological polar surface area (TPSA) is 0 Å². The minimum Gasteiger partial charge on any atom is -0.160 e. The number of rotatable bonds is 5. The normalized spacial score (nSPS) is 13.7. The predicted octanol–water partition coefficient (Wildman–Crippen LogP) is 4.96. The van der Waals surface area contributed by atoms with Crippen LogP contribution in [0.4, 0.5) is 13.2 Å². The Kier molecular flexibility index (Phi) is 5.67. The molecular formula is C12H14ClF3S. The van der Waals surface area contributed by atoms with Crippen molar-refractivity contribution in [1.82, 2.24) is 0 Å². The molecule has 0 heterocycles. The van der Waals surface area contributed by atoms with Crippen molar-refractivity contribution in [2.75, 3.05) is 11.6 Å². The Morgan fingerprint density at radius 3 is 2.59 bits per heavy atom. The standard InChI is InChI=1S/C12H14ClF3S/c1-9-3-2-4-10(7-9)11(8-13)5-6-17-12(14,15)16/h2-4,7,11H,5-6,8H2,1H3. The molecule has 17 heavy (non-hydrogen) atoms. The first kappa shape index (κ1) is 14.7. The summed E-state index contributed by atoms with van der Waals surface area (Å²) in [6.07, 6.45) is 0.442. The monoisotopic (exact) mass is 282 g/mol. The number of alkyl halides is 4. The van der Waals surface area contributed by atoms with Crippen LogP contribution in [0.3, 0.4) is 0 Å². The van der Waals surface area contributed by atoms with Gasteiger partial charge in [0.1, 0.15) is 0 Å². The Hall–Kier alpha value is -0.350. The lowest BCUT2D eigenvalue weighted by Crippen LogP contribution is -2.06. The Bertz CT molecular complexity index is 352. The summed E-state index contributed by atoms with van der Waals surface area (Å²) < 4.78 is 36.0. The fraction of sp³-hybridized carbons (Fsp3) is 0.500. The highest BCUT2D eigenvalue weighted by atomic mass is 35.5. The molecule has 0 radical (unpaired) electrons. The van der Waals surface area contributed by atoms with Crippen molar-refractivity contribution >= 4 is 23.4 Å². The quantitative estimate of drug-likeness (QED) is 0.688. The molecule has 0 nitrogen and oxygen atoms in total. The van der Waals surface area contributed by atoms with E-state index in [4.69, 9.17) is 11.6 Å². The van der Waals surface area contributed by atoms with Crippen LogP contribution in [0.15, 0.2) is 24.3 Å². The Labute approximate surface area is 109 Å². The summed E-state index contributed by atoms with van der Waals surface area (Å²) in [5.74, 6) is 0.392. The van der Waals surface area contributed by atoms with Gasteiger partial charge in [0, 0.05) is 11.6 Å². The van der Waals surface area contributed by atoms with Crippen molar-refractivity contribution in [2.45, 2.75) is 24.8 Å². The van der Waals surface area contributed by atoms with Crippen LogP contribution in [0.1, 0.15) is 23.5 Å². The second-order valence-corrected chi connectivity index (χ2v) is 5.32. The van der Waals surface area contributed by atoms with Crippen LogP contribution in [0.5, 0.6) is 0 Å². The average molecular weight is 283 g/mol. The lowest BCUT2D eigenvalue weighted by Gasteiger charge is -2.15. The van der Waals surface area contributed by atoms with Gasteiger partial charge in [-0.2, -0.15) is 13.2 Å². The summed E-state index contributed by atoms with van der Waals surface area (Å²) in [5, 5.41) is 0. The molecule has 5 heteroatoms. The Balaban J connectivity index is 2.54. The van der Waals surface area contributed by atoms with Gasteiger partial charge in [0.05, 0.1) is 0 Å². The maximum absolute atomic E-state index is 12.0. The number of aryl methyl sites for hydroxylation is 1. The highest BCUT2D eigenvalue weighted by molar-refractivity contribution is 8.00. The maximum atomic E-state index is 12.0. The van der Waals surface area contributed by atoms with Gasteiger partial charge in [-0.25, -0.2) is 0 Å². The first-order chi connectivity index (χ1) is 7.92. The average Bonchev–Trinajstić information content (AvgIpc) is 2.23. The number of benzene rings is 1. The molecule has 1 atom stereocenters. The third-order valence-electron chi connectivity index (χ3n) is 2.43. The number of hydrogen-bond acceptors (Lipinski definition) is 1. The summed E-state index contributed by atoms with van der Waals surface area (Å²) in [7, 11) is 0. The summed E-state index contributed by atoms with van der Waals surface area (Å²) in [6.45, 7) is 1.96. The third kappa shape index (κ3) is 5.68. The van der Waals surface area contributed by atoms with Gasteiger partial charge in [-0.15, -0.1) is 11.6 Å². The molecule has 1 aromatic rings. The smallest absolute Gasteiger partial charge is 0.160 e. The fourth-order valence-corrected chi connectivity index (χ4v) is 2.54. The molecular weight excluding hydrogens is 269 g/mol. The Morgan fingerprint density at radius 2 is 2.06 bits per heavy atom. The molecule has 0 aliphatic rings. The van der Waals surface area contributed by atoms with Crippen LogP contribution in [-0.2, 0) is 0 Å². The first-order valence-corrected chi connectivity index (χ1v) is 6.77. The van der Waals surface area contributed by atoms with E-state index in [-0.39, 0.29) is 23.4 Å². The van der Waals surface area contributed by atoms with Crippen LogP contribution >= 0.6 is 23.4 Å². The van der Waals surface area contributed by atoms with E-state index in [1.807, 2.05) is 31.2 Å². The number of halogens is 4. The summed E-state index contributed by atoms with van der Waals surface area (Å²) in [5.41, 5.74) is -2.03. The molecule has 96 valence electrons. The van der Waals surface area contributed by atoms with E-state index >= 15 is 0 Å². The van der Waals surface area contributed by atoms with Crippen molar-refractivity contribution < 1.29 is 13.2 Å². The van der Waals surface area contributed by atoms with Gasteiger partial charge in [-0.05, 0) is 24.8 Å². The van der Waals surface area contributed by atoms with Crippen molar-refractivity contribution in [3.05, 3.63) is 35.4 Å². The van der Waals surface area contributed by atoms with Gasteiger partial charge in [0.15, 0.2) is 0 Å². The van der Waals surface area contributed by atoms with E-state index in [2.05, 4.69) is 0 Å². The van der Waals surface area contributed by atoms with E-state index in [9.17, 15) is 13.2 Å². The lowest BCUT2D eigenvalue weighted by atomic mass is 9.97. The molecule has 0 bridgehead atoms. The maximum Gasteiger partial charge on any atom is 0.441 e. The molecule has 0 aliphatic carbocycles. The summed E-state index contributed by atoms with van der Waals surface area (Å²) in [6, 6.07) is 7.75. The van der Waals surface area contributed by atoms with Crippen LogP contribution in [0, 0.1) is 6.92 Å². The zero-order valence-corrected chi connectivity index (χ0v) is 11.0. The minimum atomic E-state index is -4.15. The Morgan fingerprint density at radius 1 is 1.35 bits per heavy atom. The molecule has 0 N–H and O–H groups in total. The lowest BCUT2D eigenvalue weighted by molar-refractivity contribution is -0.0328. The molecule has 0 aliphatic heterocycles. The molecule has 0 spiro atoms. The van der Waals surface area contributed by atoms with E-state index in [0.717, 1.165) is 11.1 Å². The first-order valence-electron chi connectivity index (χ1n) is 5.25. The second kappa shape index (κ2) is 6.55. The SMILES string of the molecule is Cc1cccc(C(CCl)CCSC(F)(F)F)c1. The summed E-state index contributed by atoms with van der Waals surface area (Å²) >= 11 is 5.83. The molecule has 0 saturated carbocycles. The number of thioether (sulfide) groups is 1. The predicted molar refractivity (Wildman–Crippen MR) is 67.8 cm³/mol. The molecule has 0 aromatic heterocycles. The molecule has 1 unspecified atom stereocenters. The molecule has 0 saturated heterocycles. The molecule has 1 rings (SSSR count). The van der Waals surface area contributed by atoms with E-state index in [0.29, 0.717) is 12.3 Å². The second-order valence-electron chi connectivity index (χ2n) is 3.85. The molecule has 0 amide bonds. The van der Waals surface area contributed by atoms with Crippen LogP contribution in [-0.4, -0.2) is 17.1 Å². The van der Waals surface area contributed by atoms with Crippen molar-refractivity contribution in [1.29, 1.82) is 0 Å². The molecule has 0 fully saturated rings. The van der Waals surface area contributed by atoms with E-state index in [1.54, 1.807) is 0 Å². The van der Waals surface area contributed by atoms with Crippen molar-refractivity contribution in [2.24, 2.45) is 0 Å².